The van der Waals surface area contributed by atoms with Crippen LogP contribution in [0.2, 0.25) is 0 Å². The second-order valence-electron chi connectivity index (χ2n) is 7.73. The number of halogens is 3. The Kier molecular flexibility index (Phi) is 4.61. The maximum absolute atomic E-state index is 13.5. The van der Waals surface area contributed by atoms with Crippen LogP contribution in [0.5, 0.6) is 0 Å². The van der Waals surface area contributed by atoms with Gasteiger partial charge in [0.2, 0.25) is 0 Å². The highest BCUT2D eigenvalue weighted by atomic mass is 19.4. The number of aromatic amines is 2. The molecule has 3 heterocycles. The van der Waals surface area contributed by atoms with Crippen LogP contribution in [0.3, 0.4) is 0 Å². The molecular weight excluding hydrogens is 419 g/mol. The highest BCUT2D eigenvalue weighted by Gasteiger charge is 2.39. The van der Waals surface area contributed by atoms with Gasteiger partial charge >= 0.3 is 6.18 Å². The van der Waals surface area contributed by atoms with E-state index in [1.54, 1.807) is 13.0 Å². The summed E-state index contributed by atoms with van der Waals surface area (Å²) < 4.78 is 40.5. The lowest BCUT2D eigenvalue weighted by molar-refractivity contribution is -0.115. The minimum absolute atomic E-state index is 0.174. The summed E-state index contributed by atoms with van der Waals surface area (Å²) in [7, 11) is 0. The van der Waals surface area contributed by atoms with Gasteiger partial charge in [-0.2, -0.15) is 18.3 Å². The molecule has 0 atom stereocenters. The summed E-state index contributed by atoms with van der Waals surface area (Å²) in [6, 6.07) is 11.4. The first kappa shape index (κ1) is 20.0. The lowest BCUT2D eigenvalue weighted by atomic mass is 9.99. The summed E-state index contributed by atoms with van der Waals surface area (Å²) in [6.07, 6.45) is -1.35. The number of rotatable bonds is 3. The molecule has 6 nitrogen and oxygen atoms in total. The lowest BCUT2D eigenvalue weighted by Gasteiger charge is -2.20. The minimum Gasteiger partial charge on any atom is -0.361 e. The maximum Gasteiger partial charge on any atom is 0.414 e. The van der Waals surface area contributed by atoms with Crippen molar-refractivity contribution in [2.45, 2.75) is 25.9 Å². The van der Waals surface area contributed by atoms with E-state index in [0.717, 1.165) is 22.0 Å². The smallest absolute Gasteiger partial charge is 0.361 e. The number of anilines is 1. The van der Waals surface area contributed by atoms with Crippen LogP contribution in [0.1, 0.15) is 19.8 Å². The van der Waals surface area contributed by atoms with Gasteiger partial charge in [0.25, 0.3) is 5.91 Å². The fourth-order valence-corrected chi connectivity index (χ4v) is 4.03. The van der Waals surface area contributed by atoms with Crippen LogP contribution >= 0.6 is 0 Å². The Morgan fingerprint density at radius 3 is 2.75 bits per heavy atom. The zero-order valence-corrected chi connectivity index (χ0v) is 17.0. The van der Waals surface area contributed by atoms with Crippen molar-refractivity contribution in [3.63, 3.8) is 0 Å². The number of H-pyrrole nitrogens is 2. The van der Waals surface area contributed by atoms with Crippen LogP contribution in [-0.2, 0) is 4.79 Å². The van der Waals surface area contributed by atoms with Crippen LogP contribution in [-0.4, -0.2) is 33.0 Å². The van der Waals surface area contributed by atoms with E-state index in [9.17, 15) is 18.0 Å². The Balaban J connectivity index is 1.61. The highest BCUT2D eigenvalue weighted by molar-refractivity contribution is 6.11. The molecule has 0 saturated carbocycles. The normalized spacial score (nSPS) is 14.8. The number of carbonyl (C=O) groups is 1. The number of aliphatic imine (C=N–C) groups is 1. The van der Waals surface area contributed by atoms with E-state index in [0.29, 0.717) is 22.3 Å². The Morgan fingerprint density at radius 1 is 1.09 bits per heavy atom. The van der Waals surface area contributed by atoms with Crippen molar-refractivity contribution in [3.8, 4) is 11.1 Å². The molecule has 0 fully saturated rings. The highest BCUT2D eigenvalue weighted by Crippen LogP contribution is 2.37. The second kappa shape index (κ2) is 7.37. The molecule has 0 spiro atoms. The van der Waals surface area contributed by atoms with Gasteiger partial charge in [0.15, 0.2) is 0 Å². The summed E-state index contributed by atoms with van der Waals surface area (Å²) in [4.78, 5) is 20.0. The molecule has 32 heavy (non-hydrogen) atoms. The quantitative estimate of drug-likeness (QED) is 0.383. The van der Waals surface area contributed by atoms with Crippen LogP contribution in [0.15, 0.2) is 65.1 Å². The van der Waals surface area contributed by atoms with E-state index >= 15 is 0 Å². The summed E-state index contributed by atoms with van der Waals surface area (Å²) >= 11 is 0. The number of nitrogens with zero attached hydrogens (tertiary/aromatic N) is 2. The summed E-state index contributed by atoms with van der Waals surface area (Å²) in [6.45, 7) is 1.62. The van der Waals surface area contributed by atoms with Crippen molar-refractivity contribution >= 4 is 39.1 Å². The summed E-state index contributed by atoms with van der Waals surface area (Å²) in [5.74, 6) is -0.893. The number of benzene rings is 2. The van der Waals surface area contributed by atoms with E-state index in [1.807, 2.05) is 36.5 Å². The number of hydrogen-bond donors (Lipinski definition) is 3. The van der Waals surface area contributed by atoms with Gasteiger partial charge in [-0.15, -0.1) is 0 Å². The number of aromatic nitrogens is 3. The summed E-state index contributed by atoms with van der Waals surface area (Å²) in [5, 5.41) is 11.1. The van der Waals surface area contributed by atoms with E-state index in [1.165, 1.54) is 6.20 Å². The first-order valence-corrected chi connectivity index (χ1v) is 10.0. The van der Waals surface area contributed by atoms with Crippen LogP contribution in [0.4, 0.5) is 18.9 Å². The number of carbonyl (C=O) groups excluding carboxylic acids is 1. The fraction of sp³-hybridized carbons (Fsp3) is 0.174. The van der Waals surface area contributed by atoms with Crippen molar-refractivity contribution in [3.05, 3.63) is 60.1 Å². The first-order chi connectivity index (χ1) is 15.3. The molecule has 2 aromatic heterocycles. The monoisotopic (exact) mass is 437 g/mol. The molecule has 0 aliphatic carbocycles. The third-order valence-corrected chi connectivity index (χ3v) is 5.60. The predicted molar refractivity (Wildman–Crippen MR) is 117 cm³/mol. The molecular formula is C23H18F3N5O. The van der Waals surface area contributed by atoms with Crippen LogP contribution in [0, 0.1) is 0 Å². The van der Waals surface area contributed by atoms with Crippen LogP contribution in [0.25, 0.3) is 32.9 Å². The zero-order valence-electron chi connectivity index (χ0n) is 17.0. The van der Waals surface area contributed by atoms with Gasteiger partial charge in [-0.25, -0.2) is 0 Å². The summed E-state index contributed by atoms with van der Waals surface area (Å²) in [5.41, 5.74) is 2.66. The average molecular weight is 437 g/mol. The molecule has 4 aromatic rings. The third kappa shape index (κ3) is 3.45. The number of alkyl halides is 3. The third-order valence-electron chi connectivity index (χ3n) is 5.60. The van der Waals surface area contributed by atoms with E-state index in [-0.39, 0.29) is 12.8 Å². The number of hydrogen-bond acceptors (Lipinski definition) is 3. The second-order valence-corrected chi connectivity index (χ2v) is 7.73. The largest absolute Gasteiger partial charge is 0.414 e. The molecule has 9 heteroatoms. The Labute approximate surface area is 180 Å². The molecule has 1 amide bonds. The maximum atomic E-state index is 13.5. The zero-order chi connectivity index (χ0) is 22.5. The van der Waals surface area contributed by atoms with Crippen molar-refractivity contribution in [1.82, 2.24) is 15.2 Å². The van der Waals surface area contributed by atoms with Crippen molar-refractivity contribution in [2.24, 2.45) is 4.99 Å². The first-order valence-electron chi connectivity index (χ1n) is 10.0. The van der Waals surface area contributed by atoms with E-state index in [4.69, 9.17) is 0 Å². The Morgan fingerprint density at radius 2 is 1.94 bits per heavy atom. The van der Waals surface area contributed by atoms with E-state index in [2.05, 4.69) is 25.5 Å². The molecule has 5 rings (SSSR count). The molecule has 3 N–H and O–H groups in total. The molecule has 1 aliphatic heterocycles. The van der Waals surface area contributed by atoms with Gasteiger partial charge in [-0.05, 0) is 55.2 Å². The van der Waals surface area contributed by atoms with Crippen molar-refractivity contribution < 1.29 is 18.0 Å². The minimum atomic E-state index is -4.62. The molecule has 162 valence electrons. The van der Waals surface area contributed by atoms with Gasteiger partial charge in [0.05, 0.1) is 23.0 Å². The Bertz CT molecular complexity index is 1420. The number of amides is 1. The van der Waals surface area contributed by atoms with E-state index < -0.39 is 23.4 Å². The number of allylic oxidation sites excluding steroid dienone is 1. The van der Waals surface area contributed by atoms with Gasteiger partial charge in [0.1, 0.15) is 5.70 Å². The molecule has 1 aliphatic rings. The lowest BCUT2D eigenvalue weighted by Crippen LogP contribution is -2.25. The van der Waals surface area contributed by atoms with Gasteiger partial charge in [-0.1, -0.05) is 12.1 Å². The molecule has 0 unspecified atom stereocenters. The molecule has 0 saturated heterocycles. The van der Waals surface area contributed by atoms with Crippen LogP contribution < -0.4 is 5.32 Å². The predicted octanol–water partition coefficient (Wildman–Crippen LogP) is 5.72. The van der Waals surface area contributed by atoms with Gasteiger partial charge in [0, 0.05) is 28.2 Å². The SMILES string of the molecule is CC1=NC(C(=O)Nc2cc(-c3cccc4[nH]ccc34)cc3[nH]ncc23)=C(C(F)(F)F)CC1. The van der Waals surface area contributed by atoms with Crippen molar-refractivity contribution in [1.29, 1.82) is 0 Å². The van der Waals surface area contributed by atoms with Gasteiger partial charge < -0.3 is 10.3 Å². The Hall–Kier alpha value is -3.88. The number of fused-ring (bicyclic) bond motifs is 2. The molecule has 2 aromatic carbocycles. The molecule has 0 radical (unpaired) electrons. The standard InChI is InChI=1S/C23H18F3N5O/c1-12-5-6-17(23(24,25)26)21(29-12)22(32)30-19-9-13(10-20-16(19)11-28-31-20)14-3-2-4-18-15(14)7-8-27-18/h2-4,7-11,27H,5-6H2,1H3,(H,28,31)(H,30,32). The molecule has 0 bridgehead atoms. The van der Waals surface area contributed by atoms with Crippen molar-refractivity contribution in [2.75, 3.05) is 5.32 Å². The fourth-order valence-electron chi connectivity index (χ4n) is 4.03. The topological polar surface area (TPSA) is 85.9 Å². The number of nitrogens with one attached hydrogen (secondary N) is 3. The van der Waals surface area contributed by atoms with Gasteiger partial charge in [-0.3, -0.25) is 14.9 Å². The average Bonchev–Trinajstić information content (AvgIpc) is 3.41.